The number of ether oxygens (including phenoxy) is 2. The number of hydrogen-bond donors (Lipinski definition) is 3. The normalized spacial score (nSPS) is 19.9. The molecule has 0 bridgehead atoms. The Morgan fingerprint density at radius 3 is 2.00 bits per heavy atom. The van der Waals surface area contributed by atoms with Crippen molar-refractivity contribution in [2.45, 2.75) is 12.9 Å². The molecule has 5 nitrogen and oxygen atoms in total. The highest BCUT2D eigenvalue weighted by molar-refractivity contribution is 5.23. The van der Waals surface area contributed by atoms with Crippen molar-refractivity contribution >= 4 is 0 Å². The molecular formula is C13H18O5. The van der Waals surface area contributed by atoms with Crippen LogP contribution >= 0.6 is 0 Å². The number of benzene rings is 1. The molecule has 100 valence electrons. The van der Waals surface area contributed by atoms with E-state index in [0.717, 1.165) is 11.1 Å². The van der Waals surface area contributed by atoms with Crippen LogP contribution in [0.2, 0.25) is 0 Å². The first-order chi connectivity index (χ1) is 8.73. The van der Waals surface area contributed by atoms with Crippen LogP contribution in [-0.2, 0) is 16.1 Å². The molecule has 2 rings (SSSR count). The number of aliphatic hydroxyl groups is 3. The van der Waals surface area contributed by atoms with Crippen LogP contribution in [0.15, 0.2) is 24.3 Å². The van der Waals surface area contributed by atoms with Gasteiger partial charge in [0.05, 0.1) is 38.4 Å². The summed E-state index contributed by atoms with van der Waals surface area (Å²) in [5, 5.41) is 27.4. The Morgan fingerprint density at radius 2 is 1.56 bits per heavy atom. The van der Waals surface area contributed by atoms with Crippen LogP contribution in [0.5, 0.6) is 0 Å². The zero-order valence-electron chi connectivity index (χ0n) is 10.1. The molecule has 0 radical (unpaired) electrons. The first kappa shape index (κ1) is 13.5. The molecule has 5 heteroatoms. The van der Waals surface area contributed by atoms with Gasteiger partial charge in [-0.2, -0.15) is 0 Å². The highest BCUT2D eigenvalue weighted by atomic mass is 16.7. The first-order valence-corrected chi connectivity index (χ1v) is 5.88. The topological polar surface area (TPSA) is 79.2 Å². The predicted octanol–water partition coefficient (Wildman–Crippen LogP) is 0.195. The van der Waals surface area contributed by atoms with Crippen molar-refractivity contribution in [1.29, 1.82) is 0 Å². The van der Waals surface area contributed by atoms with Crippen LogP contribution < -0.4 is 0 Å². The third-order valence-electron chi connectivity index (χ3n) is 3.19. The molecule has 1 aromatic rings. The second-order valence-corrected chi connectivity index (χ2v) is 4.67. The summed E-state index contributed by atoms with van der Waals surface area (Å²) in [5.74, 6) is 0. The van der Waals surface area contributed by atoms with Crippen LogP contribution in [-0.4, -0.2) is 41.7 Å². The fraction of sp³-hybridized carbons (Fsp3) is 0.538. The van der Waals surface area contributed by atoms with Crippen molar-refractivity contribution in [3.8, 4) is 0 Å². The van der Waals surface area contributed by atoms with Gasteiger partial charge in [0.1, 0.15) is 0 Å². The summed E-state index contributed by atoms with van der Waals surface area (Å²) in [6.45, 7) is 0.184. The lowest BCUT2D eigenvalue weighted by molar-refractivity contribution is -0.248. The minimum Gasteiger partial charge on any atom is -0.396 e. The van der Waals surface area contributed by atoms with Gasteiger partial charge in [-0.3, -0.25) is 0 Å². The Kier molecular flexibility index (Phi) is 4.31. The zero-order chi connectivity index (χ0) is 13.0. The zero-order valence-corrected chi connectivity index (χ0v) is 10.1. The Balaban J connectivity index is 2.00. The lowest BCUT2D eigenvalue weighted by Crippen LogP contribution is -2.44. The molecular weight excluding hydrogens is 236 g/mol. The smallest absolute Gasteiger partial charge is 0.183 e. The van der Waals surface area contributed by atoms with Gasteiger partial charge in [-0.15, -0.1) is 0 Å². The molecule has 1 saturated heterocycles. The van der Waals surface area contributed by atoms with Gasteiger partial charge in [-0.1, -0.05) is 24.3 Å². The molecule has 0 spiro atoms. The Morgan fingerprint density at radius 1 is 1.00 bits per heavy atom. The second kappa shape index (κ2) is 5.77. The number of rotatable bonds is 4. The summed E-state index contributed by atoms with van der Waals surface area (Å²) in [6, 6.07) is 7.28. The quantitative estimate of drug-likeness (QED) is 0.715. The van der Waals surface area contributed by atoms with Crippen molar-refractivity contribution < 1.29 is 24.8 Å². The average Bonchev–Trinajstić information content (AvgIpc) is 2.47. The van der Waals surface area contributed by atoms with Gasteiger partial charge in [-0.05, 0) is 5.56 Å². The molecule has 0 atom stereocenters. The molecule has 1 aliphatic rings. The molecule has 0 saturated carbocycles. The van der Waals surface area contributed by atoms with Crippen LogP contribution in [0.3, 0.4) is 0 Å². The SMILES string of the molecule is OCc1ccc(C2OCC(CO)(CO)CO2)cc1. The monoisotopic (exact) mass is 254 g/mol. The maximum atomic E-state index is 9.22. The van der Waals surface area contributed by atoms with Crippen LogP contribution in [0.4, 0.5) is 0 Å². The van der Waals surface area contributed by atoms with Crippen molar-refractivity contribution in [2.24, 2.45) is 5.41 Å². The first-order valence-electron chi connectivity index (χ1n) is 5.88. The fourth-order valence-electron chi connectivity index (χ4n) is 1.80. The molecule has 18 heavy (non-hydrogen) atoms. The summed E-state index contributed by atoms with van der Waals surface area (Å²) >= 11 is 0. The Hall–Kier alpha value is -0.980. The van der Waals surface area contributed by atoms with Gasteiger partial charge in [0.2, 0.25) is 0 Å². The summed E-state index contributed by atoms with van der Waals surface area (Å²) in [6.07, 6.45) is -0.482. The van der Waals surface area contributed by atoms with Crippen molar-refractivity contribution in [3.63, 3.8) is 0 Å². The van der Waals surface area contributed by atoms with Crippen LogP contribution in [0.25, 0.3) is 0 Å². The van der Waals surface area contributed by atoms with Crippen molar-refractivity contribution in [1.82, 2.24) is 0 Å². The average molecular weight is 254 g/mol. The summed E-state index contributed by atoms with van der Waals surface area (Å²) < 4.78 is 11.1. The van der Waals surface area contributed by atoms with Crippen LogP contribution in [0, 0.1) is 5.41 Å². The van der Waals surface area contributed by atoms with E-state index < -0.39 is 11.7 Å². The van der Waals surface area contributed by atoms with E-state index in [-0.39, 0.29) is 33.0 Å². The highest BCUT2D eigenvalue weighted by Crippen LogP contribution is 2.31. The standard InChI is InChI=1S/C13H18O5/c14-5-10-1-3-11(4-2-10)12-17-8-13(6-15,7-16)9-18-12/h1-4,12,14-16H,5-9H2. The van der Waals surface area contributed by atoms with E-state index in [4.69, 9.17) is 14.6 Å². The molecule has 1 heterocycles. The molecule has 0 aliphatic carbocycles. The lowest BCUT2D eigenvalue weighted by Gasteiger charge is -2.37. The van der Waals surface area contributed by atoms with Crippen LogP contribution in [0.1, 0.15) is 17.4 Å². The maximum Gasteiger partial charge on any atom is 0.183 e. The number of hydrogen-bond acceptors (Lipinski definition) is 5. The van der Waals surface area contributed by atoms with E-state index in [1.165, 1.54) is 0 Å². The fourth-order valence-corrected chi connectivity index (χ4v) is 1.80. The Bertz CT molecular complexity index is 361. The Labute approximate surface area is 106 Å². The summed E-state index contributed by atoms with van der Waals surface area (Å²) in [4.78, 5) is 0. The van der Waals surface area contributed by atoms with Crippen molar-refractivity contribution in [2.75, 3.05) is 26.4 Å². The predicted molar refractivity (Wildman–Crippen MR) is 63.6 cm³/mol. The minimum atomic E-state index is -0.707. The van der Waals surface area contributed by atoms with Gasteiger partial charge in [0, 0.05) is 5.56 Å². The number of aliphatic hydroxyl groups excluding tert-OH is 3. The lowest BCUT2D eigenvalue weighted by atomic mass is 9.91. The molecule has 1 aromatic carbocycles. The molecule has 0 aromatic heterocycles. The van der Waals surface area contributed by atoms with E-state index in [1.807, 2.05) is 24.3 Å². The van der Waals surface area contributed by atoms with Gasteiger partial charge < -0.3 is 24.8 Å². The second-order valence-electron chi connectivity index (χ2n) is 4.67. The summed E-state index contributed by atoms with van der Waals surface area (Å²) in [7, 11) is 0. The molecule has 0 amide bonds. The van der Waals surface area contributed by atoms with E-state index in [0.29, 0.717) is 0 Å². The molecule has 1 aliphatic heterocycles. The van der Waals surface area contributed by atoms with Gasteiger partial charge in [0.25, 0.3) is 0 Å². The van der Waals surface area contributed by atoms with E-state index >= 15 is 0 Å². The van der Waals surface area contributed by atoms with E-state index in [9.17, 15) is 10.2 Å². The minimum absolute atomic E-state index is 0.00476. The molecule has 3 N–H and O–H groups in total. The highest BCUT2D eigenvalue weighted by Gasteiger charge is 2.36. The molecule has 0 unspecified atom stereocenters. The maximum absolute atomic E-state index is 9.22. The summed E-state index contributed by atoms with van der Waals surface area (Å²) in [5.41, 5.74) is 0.980. The third-order valence-corrected chi connectivity index (χ3v) is 3.19. The van der Waals surface area contributed by atoms with Gasteiger partial charge in [-0.25, -0.2) is 0 Å². The van der Waals surface area contributed by atoms with Gasteiger partial charge in [0.15, 0.2) is 6.29 Å². The third kappa shape index (κ3) is 2.71. The molecule has 1 fully saturated rings. The largest absolute Gasteiger partial charge is 0.396 e. The van der Waals surface area contributed by atoms with E-state index in [2.05, 4.69) is 0 Å². The van der Waals surface area contributed by atoms with Gasteiger partial charge >= 0.3 is 0 Å². The van der Waals surface area contributed by atoms with E-state index in [1.54, 1.807) is 0 Å². The van der Waals surface area contributed by atoms with Crippen molar-refractivity contribution in [3.05, 3.63) is 35.4 Å².